The van der Waals surface area contributed by atoms with Crippen molar-refractivity contribution in [1.29, 1.82) is 0 Å². The fourth-order valence-corrected chi connectivity index (χ4v) is 2.37. The number of oxazole rings is 1. The van der Waals surface area contributed by atoms with Crippen LogP contribution in [-0.4, -0.2) is 4.98 Å². The smallest absolute Gasteiger partial charge is 0.182 e. The number of benzene rings is 2. The predicted octanol–water partition coefficient (Wildman–Crippen LogP) is 5.31. The molecule has 0 fully saturated rings. The van der Waals surface area contributed by atoms with Gasteiger partial charge in [-0.2, -0.15) is 0 Å². The van der Waals surface area contributed by atoms with E-state index in [2.05, 4.69) is 50.0 Å². The summed E-state index contributed by atoms with van der Waals surface area (Å²) < 4.78 is 5.62. The van der Waals surface area contributed by atoms with E-state index in [1.165, 1.54) is 12.0 Å². The fraction of sp³-hybridized carbons (Fsp3) is 0.211. The Hall–Kier alpha value is -2.35. The van der Waals surface area contributed by atoms with Gasteiger partial charge in [0.05, 0.1) is 0 Å². The molecule has 0 aliphatic carbocycles. The van der Waals surface area contributed by atoms with Crippen LogP contribution in [0.15, 0.2) is 65.4 Å². The number of nitrogens with zero attached hydrogens (tertiary/aromatic N) is 1. The SMILES string of the molecule is CC(C)(C)c1ccc(-c2ocnc2-c2ccccc2)cc1. The lowest BCUT2D eigenvalue weighted by Gasteiger charge is -2.18. The average Bonchev–Trinajstić information content (AvgIpc) is 2.97. The van der Waals surface area contributed by atoms with Crippen molar-refractivity contribution in [2.45, 2.75) is 26.2 Å². The first-order chi connectivity index (χ1) is 10.1. The topological polar surface area (TPSA) is 26.0 Å². The highest BCUT2D eigenvalue weighted by atomic mass is 16.3. The molecule has 0 unspecified atom stereocenters. The minimum Gasteiger partial charge on any atom is -0.443 e. The summed E-state index contributed by atoms with van der Waals surface area (Å²) in [5.41, 5.74) is 4.48. The largest absolute Gasteiger partial charge is 0.443 e. The van der Waals surface area contributed by atoms with Crippen molar-refractivity contribution >= 4 is 0 Å². The minimum atomic E-state index is 0.155. The van der Waals surface area contributed by atoms with Crippen molar-refractivity contribution < 1.29 is 4.42 Å². The summed E-state index contributed by atoms with van der Waals surface area (Å²) in [7, 11) is 0. The van der Waals surface area contributed by atoms with Crippen LogP contribution in [0.2, 0.25) is 0 Å². The quantitative estimate of drug-likeness (QED) is 0.634. The molecule has 0 N–H and O–H groups in total. The maximum atomic E-state index is 5.62. The molecule has 0 atom stereocenters. The van der Waals surface area contributed by atoms with Crippen LogP contribution < -0.4 is 0 Å². The Kier molecular flexibility index (Phi) is 3.38. The molecule has 106 valence electrons. The van der Waals surface area contributed by atoms with Crippen LogP contribution in [0, 0.1) is 0 Å². The Morgan fingerprint density at radius 2 is 1.48 bits per heavy atom. The van der Waals surface area contributed by atoms with Gasteiger partial charge in [-0.15, -0.1) is 0 Å². The second-order valence-corrected chi connectivity index (χ2v) is 6.22. The molecule has 2 nitrogen and oxygen atoms in total. The monoisotopic (exact) mass is 277 g/mol. The number of rotatable bonds is 2. The summed E-state index contributed by atoms with van der Waals surface area (Å²) in [4.78, 5) is 4.37. The first-order valence-corrected chi connectivity index (χ1v) is 7.15. The zero-order valence-electron chi connectivity index (χ0n) is 12.6. The summed E-state index contributed by atoms with van der Waals surface area (Å²) in [6.45, 7) is 6.64. The van der Waals surface area contributed by atoms with Crippen LogP contribution in [0.5, 0.6) is 0 Å². The van der Waals surface area contributed by atoms with E-state index in [0.29, 0.717) is 0 Å². The van der Waals surface area contributed by atoms with Crippen molar-refractivity contribution in [1.82, 2.24) is 4.98 Å². The van der Waals surface area contributed by atoms with E-state index in [9.17, 15) is 0 Å². The van der Waals surface area contributed by atoms with Gasteiger partial charge < -0.3 is 4.42 Å². The Morgan fingerprint density at radius 3 is 2.10 bits per heavy atom. The van der Waals surface area contributed by atoms with Crippen molar-refractivity contribution in [2.75, 3.05) is 0 Å². The van der Waals surface area contributed by atoms with Gasteiger partial charge in [0.25, 0.3) is 0 Å². The normalized spacial score (nSPS) is 11.6. The molecule has 1 heterocycles. The Bertz CT molecular complexity index is 718. The van der Waals surface area contributed by atoms with Gasteiger partial charge >= 0.3 is 0 Å². The summed E-state index contributed by atoms with van der Waals surface area (Å²) >= 11 is 0. The first-order valence-electron chi connectivity index (χ1n) is 7.15. The lowest BCUT2D eigenvalue weighted by molar-refractivity contribution is 0.571. The fourth-order valence-electron chi connectivity index (χ4n) is 2.37. The predicted molar refractivity (Wildman–Crippen MR) is 86.1 cm³/mol. The second kappa shape index (κ2) is 5.21. The van der Waals surface area contributed by atoms with Crippen LogP contribution in [0.3, 0.4) is 0 Å². The van der Waals surface area contributed by atoms with Gasteiger partial charge in [0.2, 0.25) is 0 Å². The van der Waals surface area contributed by atoms with Gasteiger partial charge in [-0.05, 0) is 11.0 Å². The van der Waals surface area contributed by atoms with E-state index in [-0.39, 0.29) is 5.41 Å². The van der Waals surface area contributed by atoms with Crippen molar-refractivity contribution in [3.8, 4) is 22.6 Å². The van der Waals surface area contributed by atoms with Crippen LogP contribution in [0.4, 0.5) is 0 Å². The Morgan fingerprint density at radius 1 is 0.810 bits per heavy atom. The lowest BCUT2D eigenvalue weighted by atomic mass is 9.86. The molecule has 21 heavy (non-hydrogen) atoms. The van der Waals surface area contributed by atoms with E-state index >= 15 is 0 Å². The highest BCUT2D eigenvalue weighted by Crippen LogP contribution is 2.32. The molecule has 3 aromatic rings. The Balaban J connectivity index is 2.01. The summed E-state index contributed by atoms with van der Waals surface area (Å²) in [5.74, 6) is 0.821. The zero-order chi connectivity index (χ0) is 14.9. The lowest BCUT2D eigenvalue weighted by Crippen LogP contribution is -2.10. The molecule has 0 amide bonds. The average molecular weight is 277 g/mol. The van der Waals surface area contributed by atoms with Gasteiger partial charge in [-0.25, -0.2) is 4.98 Å². The maximum absolute atomic E-state index is 5.62. The van der Waals surface area contributed by atoms with E-state index in [0.717, 1.165) is 22.6 Å². The Labute approximate surface area is 125 Å². The molecular weight excluding hydrogens is 258 g/mol. The van der Waals surface area contributed by atoms with E-state index in [1.54, 1.807) is 0 Å². The van der Waals surface area contributed by atoms with Crippen molar-refractivity contribution in [2.24, 2.45) is 0 Å². The molecule has 0 radical (unpaired) electrons. The number of aromatic nitrogens is 1. The van der Waals surface area contributed by atoms with Crippen molar-refractivity contribution in [3.05, 3.63) is 66.6 Å². The number of hydrogen-bond donors (Lipinski definition) is 0. The summed E-state index contributed by atoms with van der Waals surface area (Å²) in [5, 5.41) is 0. The molecule has 2 heteroatoms. The first kappa shape index (κ1) is 13.6. The third kappa shape index (κ3) is 2.75. The highest BCUT2D eigenvalue weighted by Gasteiger charge is 2.16. The molecule has 2 aromatic carbocycles. The summed E-state index contributed by atoms with van der Waals surface area (Å²) in [6, 6.07) is 18.6. The van der Waals surface area contributed by atoms with Crippen molar-refractivity contribution in [3.63, 3.8) is 0 Å². The van der Waals surface area contributed by atoms with Gasteiger partial charge in [0.1, 0.15) is 5.69 Å². The molecule has 0 aliphatic rings. The third-order valence-corrected chi connectivity index (χ3v) is 3.63. The number of hydrogen-bond acceptors (Lipinski definition) is 2. The third-order valence-electron chi connectivity index (χ3n) is 3.63. The standard InChI is InChI=1S/C19H19NO/c1-19(2,3)16-11-9-15(10-12-16)18-17(20-13-21-18)14-7-5-4-6-8-14/h4-13H,1-3H3. The van der Waals surface area contributed by atoms with Crippen LogP contribution in [0.1, 0.15) is 26.3 Å². The molecule has 0 saturated heterocycles. The molecule has 0 saturated carbocycles. The van der Waals surface area contributed by atoms with Crippen LogP contribution in [0.25, 0.3) is 22.6 Å². The highest BCUT2D eigenvalue weighted by molar-refractivity contribution is 5.76. The second-order valence-electron chi connectivity index (χ2n) is 6.22. The minimum absolute atomic E-state index is 0.155. The zero-order valence-corrected chi connectivity index (χ0v) is 12.6. The van der Waals surface area contributed by atoms with Gasteiger partial charge in [0.15, 0.2) is 12.2 Å². The molecule has 1 aromatic heterocycles. The molecule has 3 rings (SSSR count). The molecule has 0 spiro atoms. The van der Waals surface area contributed by atoms with E-state index in [1.807, 2.05) is 30.3 Å². The molecular formula is C19H19NO. The maximum Gasteiger partial charge on any atom is 0.182 e. The van der Waals surface area contributed by atoms with E-state index < -0.39 is 0 Å². The molecule has 0 bridgehead atoms. The van der Waals surface area contributed by atoms with Gasteiger partial charge in [-0.3, -0.25) is 0 Å². The van der Waals surface area contributed by atoms with E-state index in [4.69, 9.17) is 4.42 Å². The molecule has 0 aliphatic heterocycles. The van der Waals surface area contributed by atoms with Crippen LogP contribution >= 0.6 is 0 Å². The van der Waals surface area contributed by atoms with Crippen LogP contribution in [-0.2, 0) is 5.41 Å². The van der Waals surface area contributed by atoms with Gasteiger partial charge in [-0.1, -0.05) is 75.4 Å². The summed E-state index contributed by atoms with van der Waals surface area (Å²) in [6.07, 6.45) is 1.51. The van der Waals surface area contributed by atoms with Gasteiger partial charge in [0, 0.05) is 11.1 Å².